The standard InChI is InChI=1S/C13H17BrN4/c1-3-5-12-16-10(9-11(14)17-12)13-15-6-8-18(13)7-4-2/h6,8-9H,3-5,7H2,1-2H3. The first kappa shape index (κ1) is 13.2. The lowest BCUT2D eigenvalue weighted by Crippen LogP contribution is -2.03. The molecule has 96 valence electrons. The second kappa shape index (κ2) is 6.09. The molecule has 0 amide bonds. The molecule has 2 aromatic heterocycles. The van der Waals surface area contributed by atoms with Crippen molar-refractivity contribution in [1.29, 1.82) is 0 Å². The third kappa shape index (κ3) is 2.96. The summed E-state index contributed by atoms with van der Waals surface area (Å²) >= 11 is 3.44. The van der Waals surface area contributed by atoms with E-state index in [0.717, 1.165) is 47.8 Å². The Hall–Kier alpha value is -1.23. The monoisotopic (exact) mass is 308 g/mol. The number of halogens is 1. The molecule has 0 saturated carbocycles. The summed E-state index contributed by atoms with van der Waals surface area (Å²) in [5.41, 5.74) is 0.888. The molecule has 0 unspecified atom stereocenters. The van der Waals surface area contributed by atoms with Crippen molar-refractivity contribution in [2.75, 3.05) is 0 Å². The van der Waals surface area contributed by atoms with Gasteiger partial charge in [0.2, 0.25) is 0 Å². The van der Waals surface area contributed by atoms with Gasteiger partial charge in [0.15, 0.2) is 5.82 Å². The summed E-state index contributed by atoms with van der Waals surface area (Å²) in [6.07, 6.45) is 6.83. The summed E-state index contributed by atoms with van der Waals surface area (Å²) in [5.74, 6) is 1.78. The number of imidazole rings is 1. The van der Waals surface area contributed by atoms with E-state index in [0.29, 0.717) is 0 Å². The summed E-state index contributed by atoms with van der Waals surface area (Å²) in [4.78, 5) is 13.4. The first-order chi connectivity index (χ1) is 8.74. The SMILES string of the molecule is CCCc1nc(Br)cc(-c2nccn2CCC)n1. The van der Waals surface area contributed by atoms with Crippen LogP contribution in [0.5, 0.6) is 0 Å². The highest BCUT2D eigenvalue weighted by Crippen LogP contribution is 2.19. The number of aryl methyl sites for hydroxylation is 2. The molecule has 2 rings (SSSR count). The van der Waals surface area contributed by atoms with Crippen molar-refractivity contribution < 1.29 is 0 Å². The summed E-state index contributed by atoms with van der Waals surface area (Å²) in [6, 6.07) is 1.92. The first-order valence-corrected chi connectivity index (χ1v) is 7.08. The van der Waals surface area contributed by atoms with Gasteiger partial charge in [-0.25, -0.2) is 15.0 Å². The van der Waals surface area contributed by atoms with Gasteiger partial charge in [0.1, 0.15) is 16.1 Å². The third-order valence-electron chi connectivity index (χ3n) is 2.62. The molecule has 0 aliphatic carbocycles. The largest absolute Gasteiger partial charge is 0.330 e. The van der Waals surface area contributed by atoms with Crippen LogP contribution in [0.1, 0.15) is 32.5 Å². The summed E-state index contributed by atoms with van der Waals surface area (Å²) in [6.45, 7) is 5.24. The van der Waals surface area contributed by atoms with Crippen molar-refractivity contribution >= 4 is 15.9 Å². The molecule has 4 nitrogen and oxygen atoms in total. The molecule has 18 heavy (non-hydrogen) atoms. The molecule has 0 aromatic carbocycles. The van der Waals surface area contributed by atoms with Crippen LogP contribution in [0.25, 0.3) is 11.5 Å². The number of rotatable bonds is 5. The zero-order chi connectivity index (χ0) is 13.0. The van der Waals surface area contributed by atoms with Gasteiger partial charge in [0.25, 0.3) is 0 Å². The zero-order valence-corrected chi connectivity index (χ0v) is 12.3. The van der Waals surface area contributed by atoms with Crippen molar-refractivity contribution in [3.63, 3.8) is 0 Å². The maximum atomic E-state index is 4.58. The van der Waals surface area contributed by atoms with E-state index in [1.54, 1.807) is 0 Å². The quantitative estimate of drug-likeness (QED) is 0.794. The van der Waals surface area contributed by atoms with Gasteiger partial charge in [-0.2, -0.15) is 0 Å². The molecule has 0 radical (unpaired) electrons. The van der Waals surface area contributed by atoms with Crippen molar-refractivity contribution in [1.82, 2.24) is 19.5 Å². The Morgan fingerprint density at radius 3 is 2.78 bits per heavy atom. The molecule has 0 N–H and O–H groups in total. The minimum Gasteiger partial charge on any atom is -0.330 e. The molecular formula is C13H17BrN4. The Labute approximate surface area is 116 Å². The Balaban J connectivity index is 2.39. The topological polar surface area (TPSA) is 43.6 Å². The fourth-order valence-corrected chi connectivity index (χ4v) is 2.30. The van der Waals surface area contributed by atoms with Gasteiger partial charge in [-0.15, -0.1) is 0 Å². The minimum absolute atomic E-state index is 0.821. The minimum atomic E-state index is 0.821. The van der Waals surface area contributed by atoms with Crippen LogP contribution < -0.4 is 0 Å². The number of nitrogens with zero attached hydrogens (tertiary/aromatic N) is 4. The van der Waals surface area contributed by atoms with E-state index in [1.807, 2.05) is 18.5 Å². The van der Waals surface area contributed by atoms with Gasteiger partial charge < -0.3 is 4.57 Å². The number of hydrogen-bond donors (Lipinski definition) is 0. The van der Waals surface area contributed by atoms with Crippen LogP contribution in [0.15, 0.2) is 23.1 Å². The summed E-state index contributed by atoms with van der Waals surface area (Å²) in [7, 11) is 0. The van der Waals surface area contributed by atoms with E-state index in [-0.39, 0.29) is 0 Å². The fraction of sp³-hybridized carbons (Fsp3) is 0.462. The molecule has 0 aliphatic rings. The second-order valence-corrected chi connectivity index (χ2v) is 5.00. The van der Waals surface area contributed by atoms with Crippen LogP contribution in [0, 0.1) is 0 Å². The summed E-state index contributed by atoms with van der Waals surface area (Å²) < 4.78 is 2.95. The Morgan fingerprint density at radius 1 is 1.22 bits per heavy atom. The molecular weight excluding hydrogens is 292 g/mol. The maximum Gasteiger partial charge on any atom is 0.158 e. The van der Waals surface area contributed by atoms with Crippen LogP contribution in [-0.4, -0.2) is 19.5 Å². The predicted octanol–water partition coefficient (Wildman–Crippen LogP) is 3.47. The number of aromatic nitrogens is 4. The normalized spacial score (nSPS) is 10.8. The van der Waals surface area contributed by atoms with Gasteiger partial charge in [0.05, 0.1) is 0 Å². The Kier molecular flexibility index (Phi) is 4.47. The maximum absolute atomic E-state index is 4.58. The van der Waals surface area contributed by atoms with Gasteiger partial charge in [-0.05, 0) is 28.8 Å². The van der Waals surface area contributed by atoms with Crippen LogP contribution in [-0.2, 0) is 13.0 Å². The van der Waals surface area contributed by atoms with E-state index in [1.165, 1.54) is 0 Å². The molecule has 0 aliphatic heterocycles. The van der Waals surface area contributed by atoms with Gasteiger partial charge in [0, 0.05) is 31.4 Å². The van der Waals surface area contributed by atoms with Crippen LogP contribution in [0.4, 0.5) is 0 Å². The zero-order valence-electron chi connectivity index (χ0n) is 10.7. The molecule has 0 saturated heterocycles. The lowest BCUT2D eigenvalue weighted by Gasteiger charge is -2.07. The highest BCUT2D eigenvalue weighted by Gasteiger charge is 2.10. The van der Waals surface area contributed by atoms with Crippen LogP contribution in [0.3, 0.4) is 0 Å². The molecule has 0 atom stereocenters. The molecule has 2 heterocycles. The van der Waals surface area contributed by atoms with Crippen molar-refractivity contribution in [2.24, 2.45) is 0 Å². The average Bonchev–Trinajstić information content (AvgIpc) is 2.77. The average molecular weight is 309 g/mol. The third-order valence-corrected chi connectivity index (χ3v) is 3.03. The van der Waals surface area contributed by atoms with Crippen LogP contribution >= 0.6 is 15.9 Å². The predicted molar refractivity (Wildman–Crippen MR) is 75.2 cm³/mol. The molecule has 5 heteroatoms. The van der Waals surface area contributed by atoms with Gasteiger partial charge in [-0.1, -0.05) is 13.8 Å². The van der Waals surface area contributed by atoms with Crippen molar-refractivity contribution in [3.8, 4) is 11.5 Å². The molecule has 2 aromatic rings. The van der Waals surface area contributed by atoms with E-state index in [2.05, 4.69) is 49.3 Å². The Bertz CT molecular complexity index is 521. The summed E-state index contributed by atoms with van der Waals surface area (Å²) in [5, 5.41) is 0. The van der Waals surface area contributed by atoms with E-state index < -0.39 is 0 Å². The number of hydrogen-bond acceptors (Lipinski definition) is 3. The highest BCUT2D eigenvalue weighted by atomic mass is 79.9. The van der Waals surface area contributed by atoms with E-state index in [9.17, 15) is 0 Å². The van der Waals surface area contributed by atoms with E-state index >= 15 is 0 Å². The van der Waals surface area contributed by atoms with E-state index in [4.69, 9.17) is 0 Å². The van der Waals surface area contributed by atoms with Crippen molar-refractivity contribution in [3.05, 3.63) is 28.9 Å². The molecule has 0 spiro atoms. The van der Waals surface area contributed by atoms with Crippen LogP contribution in [0.2, 0.25) is 0 Å². The fourth-order valence-electron chi connectivity index (χ4n) is 1.88. The van der Waals surface area contributed by atoms with Crippen molar-refractivity contribution in [2.45, 2.75) is 39.7 Å². The lowest BCUT2D eigenvalue weighted by molar-refractivity contribution is 0.682. The molecule has 0 fully saturated rings. The molecule has 0 bridgehead atoms. The van der Waals surface area contributed by atoms with Gasteiger partial charge >= 0.3 is 0 Å². The second-order valence-electron chi connectivity index (χ2n) is 4.19. The highest BCUT2D eigenvalue weighted by molar-refractivity contribution is 9.10. The van der Waals surface area contributed by atoms with Gasteiger partial charge in [-0.3, -0.25) is 0 Å². The first-order valence-electron chi connectivity index (χ1n) is 6.29. The lowest BCUT2D eigenvalue weighted by atomic mass is 10.3. The smallest absolute Gasteiger partial charge is 0.158 e. The Morgan fingerprint density at radius 2 is 2.06 bits per heavy atom.